The first-order chi connectivity index (χ1) is 26.7. The van der Waals surface area contributed by atoms with Gasteiger partial charge in [-0.2, -0.15) is 9.59 Å². The van der Waals surface area contributed by atoms with Crippen molar-refractivity contribution in [1.29, 1.82) is 5.41 Å². The number of benzene rings is 2. The summed E-state index contributed by atoms with van der Waals surface area (Å²) in [5.41, 5.74) is 11.2. The van der Waals surface area contributed by atoms with Crippen LogP contribution in [-0.4, -0.2) is 96.7 Å². The van der Waals surface area contributed by atoms with Gasteiger partial charge in [0.2, 0.25) is 12.2 Å². The second-order valence-electron chi connectivity index (χ2n) is 12.4. The number of azide groups is 1. The highest BCUT2D eigenvalue weighted by atomic mass is 35.6. The number of nitrogens with zero attached hydrogens (tertiary/aromatic N) is 3. The first-order valence-electron chi connectivity index (χ1n) is 17.2. The third kappa shape index (κ3) is 13.6. The van der Waals surface area contributed by atoms with Crippen molar-refractivity contribution in [3.8, 4) is 5.75 Å². The fraction of sp³-hybridized carbons (Fsp3) is 0.556. The van der Waals surface area contributed by atoms with E-state index in [2.05, 4.69) is 10.0 Å². The molecular formula is C36H43Cl3N4O13. The highest BCUT2D eigenvalue weighted by Gasteiger charge is 2.54. The van der Waals surface area contributed by atoms with E-state index in [0.717, 1.165) is 11.1 Å². The van der Waals surface area contributed by atoms with Gasteiger partial charge >= 0.3 is 18.1 Å². The largest absolute Gasteiger partial charge is 0.497 e. The monoisotopic (exact) mass is 844 g/mol. The number of methoxy groups -OCH3 is 1. The Bertz CT molecular complexity index is 1660. The zero-order chi connectivity index (χ0) is 41.4. The van der Waals surface area contributed by atoms with Crippen molar-refractivity contribution >= 4 is 58.8 Å². The quantitative estimate of drug-likeness (QED) is 0.0414. The Morgan fingerprint density at radius 3 is 2.00 bits per heavy atom. The highest BCUT2D eigenvalue weighted by Crippen LogP contribution is 2.38. The molecule has 20 heteroatoms. The smallest absolute Gasteiger partial charge is 0.373 e. The molecule has 10 atom stereocenters. The average Bonchev–Trinajstić information content (AvgIpc) is 3.16. The van der Waals surface area contributed by atoms with Crippen LogP contribution in [0.2, 0.25) is 0 Å². The number of rotatable bonds is 15. The molecule has 0 aliphatic carbocycles. The van der Waals surface area contributed by atoms with Crippen molar-refractivity contribution in [1.82, 2.24) is 0 Å². The maximum absolute atomic E-state index is 12.7. The third-order valence-electron chi connectivity index (χ3n) is 8.61. The number of ether oxygens (including phenoxy) is 9. The molecule has 0 amide bonds. The van der Waals surface area contributed by atoms with E-state index in [1.54, 1.807) is 14.0 Å². The lowest BCUT2D eigenvalue weighted by molar-refractivity contribution is -0.345. The molecule has 2 aliphatic heterocycles. The zero-order valence-electron chi connectivity index (χ0n) is 31.1. The number of nitrogens with one attached hydrogen (secondary N) is 1. The van der Waals surface area contributed by atoms with Crippen molar-refractivity contribution in [2.45, 2.75) is 106 Å². The van der Waals surface area contributed by atoms with Crippen molar-refractivity contribution in [3.05, 3.63) is 76.2 Å². The number of carbonyl (C=O) groups excluding carboxylic acids is 4. The van der Waals surface area contributed by atoms with Crippen molar-refractivity contribution < 1.29 is 61.8 Å². The number of esters is 2. The Labute approximate surface area is 338 Å². The second kappa shape index (κ2) is 22.7. The molecule has 306 valence electrons. The maximum Gasteiger partial charge on any atom is 0.373 e. The van der Waals surface area contributed by atoms with Crippen LogP contribution in [0.25, 0.3) is 10.4 Å². The number of alkyl halides is 3. The number of hydrogen-bond donors (Lipinski definition) is 1. The van der Waals surface area contributed by atoms with Crippen LogP contribution in [-0.2, 0) is 70.3 Å². The standard InChI is InChI=1S/C35H43Cl3N4O11.CO2/c1-6-25-29(47-17-23-12-14-24(45-5)15-13-23)30(48-16-22-10-8-7-9-11-22)31(49-21(4)44)33(50-25)52-28-19(2)27(41-42-40)32(53-34(39)35(36,37)38)51-26(28)18-46-20(3)43;2-1-3/h7-15,19,25-33,39H,6,16-18H2,1-5H3;. The van der Waals surface area contributed by atoms with Crippen LogP contribution in [0.5, 0.6) is 5.75 Å². The van der Waals surface area contributed by atoms with Crippen molar-refractivity contribution in [2.24, 2.45) is 11.0 Å². The van der Waals surface area contributed by atoms with Gasteiger partial charge in [-0.25, -0.2) is 0 Å². The van der Waals surface area contributed by atoms with E-state index in [4.69, 9.17) is 92.4 Å². The van der Waals surface area contributed by atoms with Crippen LogP contribution in [0, 0.1) is 11.3 Å². The zero-order valence-corrected chi connectivity index (χ0v) is 33.3. The SMILES string of the molecule is CCC1OC(OC2C(COC(C)=O)OC(OC(=N)C(Cl)(Cl)Cl)C(N=[N+]=[N-])C2C)C(OC(C)=O)C(OCc2ccccc2)C1OCc1ccc(OC)cc1.O=C=O. The van der Waals surface area contributed by atoms with Gasteiger partial charge in [-0.3, -0.25) is 15.0 Å². The van der Waals surface area contributed by atoms with Gasteiger partial charge in [-0.05, 0) is 41.1 Å². The molecule has 56 heavy (non-hydrogen) atoms. The lowest BCUT2D eigenvalue weighted by Crippen LogP contribution is -2.64. The maximum atomic E-state index is 12.7. The number of hydrogen-bond acceptors (Lipinski definition) is 15. The Morgan fingerprint density at radius 2 is 1.46 bits per heavy atom. The Hall–Kier alpha value is -3.99. The van der Waals surface area contributed by atoms with Crippen LogP contribution in [0.1, 0.15) is 45.2 Å². The average molecular weight is 846 g/mol. The molecule has 2 aromatic rings. The van der Waals surface area contributed by atoms with Gasteiger partial charge in [-0.15, -0.1) is 0 Å². The minimum atomic E-state index is -2.25. The van der Waals surface area contributed by atoms with Crippen molar-refractivity contribution in [2.75, 3.05) is 13.7 Å². The number of carbonyl (C=O) groups is 2. The molecule has 2 heterocycles. The molecule has 17 nitrogen and oxygen atoms in total. The predicted octanol–water partition coefficient (Wildman–Crippen LogP) is 6.00. The highest BCUT2D eigenvalue weighted by molar-refractivity contribution is 6.76. The van der Waals surface area contributed by atoms with Gasteiger partial charge in [0.15, 0.2) is 12.4 Å². The minimum absolute atomic E-state index is 0.139. The van der Waals surface area contributed by atoms with Gasteiger partial charge in [0.1, 0.15) is 36.7 Å². The van der Waals surface area contributed by atoms with E-state index in [-0.39, 0.29) is 26.0 Å². The third-order valence-corrected chi connectivity index (χ3v) is 9.13. The van der Waals surface area contributed by atoms with Crippen LogP contribution in [0.15, 0.2) is 59.7 Å². The topological polar surface area (TPSA) is 224 Å². The molecule has 2 aliphatic rings. The molecule has 0 saturated carbocycles. The Kier molecular flexibility index (Phi) is 18.8. The molecule has 2 fully saturated rings. The van der Waals surface area contributed by atoms with E-state index in [0.29, 0.717) is 12.2 Å². The summed E-state index contributed by atoms with van der Waals surface area (Å²) in [5.74, 6) is -2.12. The summed E-state index contributed by atoms with van der Waals surface area (Å²) in [5, 5.41) is 11.9. The van der Waals surface area contributed by atoms with Gasteiger partial charge in [-0.1, -0.05) is 96.2 Å². The Balaban J connectivity index is 0.00000271. The minimum Gasteiger partial charge on any atom is -0.497 e. The molecule has 1 N–H and O–H groups in total. The van der Waals surface area contributed by atoms with Gasteiger partial charge in [0.25, 0.3) is 3.79 Å². The first kappa shape index (κ1) is 46.4. The lowest BCUT2D eigenvalue weighted by Gasteiger charge is -2.49. The molecule has 4 rings (SSSR count). The summed E-state index contributed by atoms with van der Waals surface area (Å²) >= 11 is 17.5. The molecule has 2 saturated heterocycles. The van der Waals surface area contributed by atoms with Gasteiger partial charge in [0.05, 0.1) is 32.5 Å². The predicted molar refractivity (Wildman–Crippen MR) is 197 cm³/mol. The molecule has 0 radical (unpaired) electrons. The van der Waals surface area contributed by atoms with E-state index in [1.807, 2.05) is 61.5 Å². The van der Waals surface area contributed by atoms with Crippen LogP contribution in [0.3, 0.4) is 0 Å². The molecule has 2 aromatic carbocycles. The van der Waals surface area contributed by atoms with E-state index >= 15 is 0 Å². The first-order valence-corrected chi connectivity index (χ1v) is 18.3. The fourth-order valence-corrected chi connectivity index (χ4v) is 6.15. The fourth-order valence-electron chi connectivity index (χ4n) is 6.02. The lowest BCUT2D eigenvalue weighted by atomic mass is 9.88. The summed E-state index contributed by atoms with van der Waals surface area (Å²) in [6.07, 6.45) is -7.66. The van der Waals surface area contributed by atoms with E-state index in [9.17, 15) is 15.1 Å². The summed E-state index contributed by atoms with van der Waals surface area (Å²) in [6, 6.07) is 15.7. The summed E-state index contributed by atoms with van der Waals surface area (Å²) in [6.45, 7) is 6.01. The summed E-state index contributed by atoms with van der Waals surface area (Å²) in [4.78, 5) is 43.8. The van der Waals surface area contributed by atoms with E-state index in [1.165, 1.54) is 13.8 Å². The molecule has 0 aromatic heterocycles. The van der Waals surface area contributed by atoms with E-state index < -0.39 is 82.8 Å². The van der Waals surface area contributed by atoms with Crippen LogP contribution in [0.4, 0.5) is 0 Å². The molecule has 0 bridgehead atoms. The van der Waals surface area contributed by atoms with Crippen molar-refractivity contribution in [3.63, 3.8) is 0 Å². The van der Waals surface area contributed by atoms with Crippen LogP contribution >= 0.6 is 34.8 Å². The second-order valence-corrected chi connectivity index (χ2v) is 14.7. The Morgan fingerprint density at radius 1 is 0.875 bits per heavy atom. The van der Waals surface area contributed by atoms with Gasteiger partial charge < -0.3 is 42.6 Å². The molecular weight excluding hydrogens is 803 g/mol. The molecule has 0 spiro atoms. The number of halogens is 3. The summed E-state index contributed by atoms with van der Waals surface area (Å²) < 4.78 is 52.0. The normalized spacial score (nSPS) is 27.2. The van der Waals surface area contributed by atoms with Gasteiger partial charge in [0, 0.05) is 18.8 Å². The molecule has 10 unspecified atom stereocenters. The van der Waals surface area contributed by atoms with Crippen LogP contribution < -0.4 is 4.74 Å². The summed E-state index contributed by atoms with van der Waals surface area (Å²) in [7, 11) is 1.58.